The van der Waals surface area contributed by atoms with Gasteiger partial charge < -0.3 is 0 Å². The fraction of sp³-hybridized carbons (Fsp3) is 0.417. The van der Waals surface area contributed by atoms with Crippen LogP contribution < -0.4 is 0 Å². The van der Waals surface area contributed by atoms with E-state index in [2.05, 4.69) is 0 Å². The van der Waals surface area contributed by atoms with Crippen LogP contribution in [0.4, 0.5) is 4.39 Å². The van der Waals surface area contributed by atoms with Crippen molar-refractivity contribution in [2.75, 3.05) is 5.88 Å². The summed E-state index contributed by atoms with van der Waals surface area (Å²) in [6.45, 7) is 1.50. The molecule has 0 aromatic heterocycles. The second-order valence-corrected chi connectivity index (χ2v) is 4.54. The van der Waals surface area contributed by atoms with Crippen LogP contribution in [0, 0.1) is 11.7 Å². The lowest BCUT2D eigenvalue weighted by Crippen LogP contribution is -2.15. The average molecular weight is 263 g/mol. The number of ketones is 1. The van der Waals surface area contributed by atoms with Crippen molar-refractivity contribution >= 4 is 29.0 Å². The largest absolute Gasteiger partial charge is 0.300 e. The SMILES string of the molecule is CC(=O)C(CCCl)Cc1cc(Cl)ccc1F. The predicted molar refractivity (Wildman–Crippen MR) is 64.6 cm³/mol. The molecule has 88 valence electrons. The van der Waals surface area contributed by atoms with E-state index in [9.17, 15) is 9.18 Å². The van der Waals surface area contributed by atoms with E-state index in [-0.39, 0.29) is 17.5 Å². The van der Waals surface area contributed by atoms with Crippen LogP contribution in [0.3, 0.4) is 0 Å². The molecule has 1 aromatic carbocycles. The number of alkyl halides is 1. The molecule has 0 bridgehead atoms. The zero-order chi connectivity index (χ0) is 12.1. The van der Waals surface area contributed by atoms with Crippen molar-refractivity contribution in [3.05, 3.63) is 34.6 Å². The molecule has 1 aromatic rings. The zero-order valence-electron chi connectivity index (χ0n) is 8.97. The predicted octanol–water partition coefficient (Wildman–Crippen LogP) is 3.86. The molecule has 0 saturated carbocycles. The maximum Gasteiger partial charge on any atom is 0.133 e. The Balaban J connectivity index is 2.84. The normalized spacial score (nSPS) is 12.5. The molecular formula is C12H13Cl2FO. The molecule has 16 heavy (non-hydrogen) atoms. The van der Waals surface area contributed by atoms with E-state index < -0.39 is 0 Å². The molecule has 0 radical (unpaired) electrons. The highest BCUT2D eigenvalue weighted by atomic mass is 35.5. The van der Waals surface area contributed by atoms with Crippen molar-refractivity contribution < 1.29 is 9.18 Å². The number of halogens is 3. The number of Topliss-reactive ketones (excluding diaryl/α,β-unsaturated/α-hetero) is 1. The molecule has 1 unspecified atom stereocenters. The van der Waals surface area contributed by atoms with E-state index in [1.54, 1.807) is 6.07 Å². The minimum Gasteiger partial charge on any atom is -0.300 e. The van der Waals surface area contributed by atoms with E-state index >= 15 is 0 Å². The summed E-state index contributed by atoms with van der Waals surface area (Å²) in [6.07, 6.45) is 0.914. The summed E-state index contributed by atoms with van der Waals surface area (Å²) in [4.78, 5) is 11.3. The lowest BCUT2D eigenvalue weighted by atomic mass is 9.93. The summed E-state index contributed by atoms with van der Waals surface area (Å²) >= 11 is 11.4. The van der Waals surface area contributed by atoms with Crippen molar-refractivity contribution in [1.29, 1.82) is 0 Å². The Morgan fingerprint density at radius 1 is 1.50 bits per heavy atom. The van der Waals surface area contributed by atoms with Gasteiger partial charge in [-0.25, -0.2) is 4.39 Å². The van der Waals surface area contributed by atoms with Crippen molar-refractivity contribution in [2.45, 2.75) is 19.8 Å². The second-order valence-electron chi connectivity index (χ2n) is 3.73. The number of rotatable bonds is 5. The van der Waals surface area contributed by atoms with Crippen LogP contribution in [0.15, 0.2) is 18.2 Å². The molecule has 1 atom stereocenters. The number of carbonyl (C=O) groups excluding carboxylic acids is 1. The molecule has 0 aliphatic carbocycles. The van der Waals surface area contributed by atoms with Crippen LogP contribution in [0.25, 0.3) is 0 Å². The van der Waals surface area contributed by atoms with Gasteiger partial charge in [0.25, 0.3) is 0 Å². The Morgan fingerprint density at radius 2 is 2.19 bits per heavy atom. The highest BCUT2D eigenvalue weighted by molar-refractivity contribution is 6.30. The molecule has 4 heteroatoms. The number of benzene rings is 1. The molecule has 0 heterocycles. The van der Waals surface area contributed by atoms with Gasteiger partial charge in [-0.05, 0) is 43.5 Å². The molecule has 0 aliphatic rings. The van der Waals surface area contributed by atoms with Gasteiger partial charge in [-0.1, -0.05) is 11.6 Å². The molecule has 0 saturated heterocycles. The van der Waals surface area contributed by atoms with Crippen LogP contribution in [0.2, 0.25) is 5.02 Å². The summed E-state index contributed by atoms with van der Waals surface area (Å²) in [5, 5.41) is 0.476. The van der Waals surface area contributed by atoms with Gasteiger partial charge in [0.2, 0.25) is 0 Å². The third-order valence-electron chi connectivity index (χ3n) is 2.51. The van der Waals surface area contributed by atoms with Gasteiger partial charge in [0.05, 0.1) is 0 Å². The van der Waals surface area contributed by atoms with Crippen molar-refractivity contribution in [3.63, 3.8) is 0 Å². The maximum absolute atomic E-state index is 13.4. The Labute approximate surface area is 105 Å². The van der Waals surface area contributed by atoms with Crippen molar-refractivity contribution in [3.8, 4) is 0 Å². The van der Waals surface area contributed by atoms with E-state index in [4.69, 9.17) is 23.2 Å². The molecule has 0 N–H and O–H groups in total. The summed E-state index contributed by atoms with van der Waals surface area (Å²) in [5.74, 6) is -0.136. The molecular weight excluding hydrogens is 250 g/mol. The smallest absolute Gasteiger partial charge is 0.133 e. The third-order valence-corrected chi connectivity index (χ3v) is 2.96. The summed E-state index contributed by atoms with van der Waals surface area (Å²) in [5.41, 5.74) is 0.470. The average Bonchev–Trinajstić information content (AvgIpc) is 2.22. The minimum atomic E-state index is -0.328. The lowest BCUT2D eigenvalue weighted by molar-refractivity contribution is -0.120. The van der Waals surface area contributed by atoms with E-state index in [0.717, 1.165) is 0 Å². The standard InChI is InChI=1S/C12H13Cl2FO/c1-8(16)9(4-5-13)6-10-7-11(14)2-3-12(10)15/h2-3,7,9H,4-6H2,1H3. The summed E-state index contributed by atoms with van der Waals surface area (Å²) in [7, 11) is 0. The fourth-order valence-electron chi connectivity index (χ4n) is 1.55. The Bertz CT molecular complexity index is 379. The third kappa shape index (κ3) is 3.76. The second kappa shape index (κ2) is 6.21. The first-order chi connectivity index (χ1) is 7.54. The first-order valence-corrected chi connectivity index (χ1v) is 5.96. The van der Waals surface area contributed by atoms with Gasteiger partial charge >= 0.3 is 0 Å². The lowest BCUT2D eigenvalue weighted by Gasteiger charge is -2.12. The minimum absolute atomic E-state index is 0.0278. The number of hydrogen-bond acceptors (Lipinski definition) is 1. The molecule has 0 amide bonds. The quantitative estimate of drug-likeness (QED) is 0.737. The van der Waals surface area contributed by atoms with Crippen molar-refractivity contribution in [1.82, 2.24) is 0 Å². The summed E-state index contributed by atoms with van der Waals surface area (Å²) < 4.78 is 13.4. The van der Waals surface area contributed by atoms with Gasteiger partial charge in [0.1, 0.15) is 11.6 Å². The van der Waals surface area contributed by atoms with Crippen LogP contribution in [-0.2, 0) is 11.2 Å². The van der Waals surface area contributed by atoms with E-state index in [0.29, 0.717) is 29.3 Å². The van der Waals surface area contributed by atoms with Crippen LogP contribution in [0.1, 0.15) is 18.9 Å². The van der Waals surface area contributed by atoms with Gasteiger partial charge in [0.15, 0.2) is 0 Å². The Morgan fingerprint density at radius 3 is 2.75 bits per heavy atom. The molecule has 1 rings (SSSR count). The molecule has 0 spiro atoms. The van der Waals surface area contributed by atoms with Crippen molar-refractivity contribution in [2.24, 2.45) is 5.92 Å². The molecule has 0 fully saturated rings. The highest BCUT2D eigenvalue weighted by Gasteiger charge is 2.16. The van der Waals surface area contributed by atoms with Gasteiger partial charge in [0, 0.05) is 16.8 Å². The van der Waals surface area contributed by atoms with E-state index in [1.807, 2.05) is 0 Å². The van der Waals surface area contributed by atoms with Crippen LogP contribution in [-0.4, -0.2) is 11.7 Å². The fourth-order valence-corrected chi connectivity index (χ4v) is 2.00. The monoisotopic (exact) mass is 262 g/mol. The number of carbonyl (C=O) groups is 1. The zero-order valence-corrected chi connectivity index (χ0v) is 10.5. The van der Waals surface area contributed by atoms with Gasteiger partial charge in [-0.2, -0.15) is 0 Å². The summed E-state index contributed by atoms with van der Waals surface area (Å²) in [6, 6.07) is 4.36. The van der Waals surface area contributed by atoms with E-state index in [1.165, 1.54) is 19.1 Å². The first-order valence-electron chi connectivity index (χ1n) is 5.05. The van der Waals surface area contributed by atoms with Crippen LogP contribution in [0.5, 0.6) is 0 Å². The topological polar surface area (TPSA) is 17.1 Å². The molecule has 0 aliphatic heterocycles. The highest BCUT2D eigenvalue weighted by Crippen LogP contribution is 2.20. The van der Waals surface area contributed by atoms with Gasteiger partial charge in [-0.15, -0.1) is 11.6 Å². The van der Waals surface area contributed by atoms with Gasteiger partial charge in [-0.3, -0.25) is 4.79 Å². The first kappa shape index (κ1) is 13.5. The Hall–Kier alpha value is -0.600. The Kier molecular flexibility index (Phi) is 5.23. The van der Waals surface area contributed by atoms with Crippen LogP contribution >= 0.6 is 23.2 Å². The maximum atomic E-state index is 13.4. The molecule has 1 nitrogen and oxygen atoms in total. The number of hydrogen-bond donors (Lipinski definition) is 0.